The monoisotopic (exact) mass is 469 g/mol. The molecule has 9 heteroatoms. The third-order valence-corrected chi connectivity index (χ3v) is 6.23. The zero-order valence-corrected chi connectivity index (χ0v) is 18.5. The predicted octanol–water partition coefficient (Wildman–Crippen LogP) is 5.63. The average molecular weight is 470 g/mol. The van der Waals surface area contributed by atoms with Crippen LogP contribution in [0.5, 0.6) is 5.75 Å². The highest BCUT2D eigenvalue weighted by atomic mass is 35.5. The van der Waals surface area contributed by atoms with Crippen LogP contribution in [0.15, 0.2) is 30.3 Å². The van der Waals surface area contributed by atoms with E-state index in [1.54, 1.807) is 11.0 Å². The first kappa shape index (κ1) is 22.1. The number of aromatic nitrogens is 2. The SMILES string of the molecule is CCOc1ccc(C(CO)c2nc3c(Cl)c(N4CCC(F)(F)CC4)c(Cl)cc3[nH]2)cc1. The Bertz CT molecular complexity index is 1060. The minimum Gasteiger partial charge on any atom is -0.494 e. The average Bonchev–Trinajstić information content (AvgIpc) is 3.15. The van der Waals surface area contributed by atoms with E-state index in [9.17, 15) is 13.9 Å². The number of benzene rings is 2. The fourth-order valence-electron chi connectivity index (χ4n) is 3.91. The number of piperidine rings is 1. The zero-order chi connectivity index (χ0) is 22.2. The lowest BCUT2D eigenvalue weighted by atomic mass is 9.99. The van der Waals surface area contributed by atoms with Gasteiger partial charge in [-0.05, 0) is 30.7 Å². The zero-order valence-electron chi connectivity index (χ0n) is 17.0. The second-order valence-electron chi connectivity index (χ2n) is 7.62. The summed E-state index contributed by atoms with van der Waals surface area (Å²) in [6.07, 6.45) is -0.484. The number of halogens is 4. The molecule has 0 aliphatic carbocycles. The fraction of sp³-hybridized carbons (Fsp3) is 0.409. The van der Waals surface area contributed by atoms with Crippen molar-refractivity contribution in [2.45, 2.75) is 31.6 Å². The molecule has 0 spiro atoms. The molecule has 0 bridgehead atoms. The van der Waals surface area contributed by atoms with E-state index >= 15 is 0 Å². The summed E-state index contributed by atoms with van der Waals surface area (Å²) in [5, 5.41) is 10.7. The van der Waals surface area contributed by atoms with Gasteiger partial charge >= 0.3 is 0 Å². The summed E-state index contributed by atoms with van der Waals surface area (Å²) in [6.45, 7) is 2.66. The molecule has 0 amide bonds. The molecule has 0 saturated carbocycles. The van der Waals surface area contributed by atoms with Crippen molar-refractivity contribution in [1.82, 2.24) is 9.97 Å². The predicted molar refractivity (Wildman–Crippen MR) is 119 cm³/mol. The Morgan fingerprint density at radius 1 is 1.23 bits per heavy atom. The van der Waals surface area contributed by atoms with E-state index in [-0.39, 0.29) is 32.5 Å². The molecule has 3 aromatic rings. The maximum Gasteiger partial charge on any atom is 0.251 e. The minimum atomic E-state index is -2.66. The first-order valence-electron chi connectivity index (χ1n) is 10.2. The molecular formula is C22H23Cl2F2N3O2. The van der Waals surface area contributed by atoms with Crippen molar-refractivity contribution in [1.29, 1.82) is 0 Å². The number of ether oxygens (including phenoxy) is 1. The number of aromatic amines is 1. The Morgan fingerprint density at radius 3 is 2.52 bits per heavy atom. The van der Waals surface area contributed by atoms with E-state index in [2.05, 4.69) is 9.97 Å². The molecular weight excluding hydrogens is 447 g/mol. The van der Waals surface area contributed by atoms with Crippen molar-refractivity contribution in [2.75, 3.05) is 31.2 Å². The maximum absolute atomic E-state index is 13.6. The van der Waals surface area contributed by atoms with Crippen LogP contribution >= 0.6 is 23.2 Å². The fourth-order valence-corrected chi connectivity index (χ4v) is 4.65. The highest BCUT2D eigenvalue weighted by Crippen LogP contribution is 2.42. The summed E-state index contributed by atoms with van der Waals surface area (Å²) in [5.41, 5.74) is 2.51. The van der Waals surface area contributed by atoms with Crippen LogP contribution < -0.4 is 9.64 Å². The van der Waals surface area contributed by atoms with Crippen molar-refractivity contribution in [3.05, 3.63) is 51.8 Å². The van der Waals surface area contributed by atoms with Crippen molar-refractivity contribution in [2.24, 2.45) is 0 Å². The summed E-state index contributed by atoms with van der Waals surface area (Å²) < 4.78 is 32.6. The van der Waals surface area contributed by atoms with Crippen LogP contribution in [0.1, 0.15) is 37.1 Å². The summed E-state index contributed by atoms with van der Waals surface area (Å²) >= 11 is 13.1. The number of hydrogen-bond donors (Lipinski definition) is 2. The third-order valence-electron chi connectivity index (χ3n) is 5.58. The van der Waals surface area contributed by atoms with Crippen molar-refractivity contribution < 1.29 is 18.6 Å². The summed E-state index contributed by atoms with van der Waals surface area (Å²) in [5.74, 6) is -1.76. The lowest BCUT2D eigenvalue weighted by Gasteiger charge is -2.34. The number of rotatable bonds is 6. The first-order chi connectivity index (χ1) is 14.8. The Morgan fingerprint density at radius 2 is 1.90 bits per heavy atom. The van der Waals surface area contributed by atoms with E-state index in [0.29, 0.717) is 39.2 Å². The number of nitrogens with zero attached hydrogens (tertiary/aromatic N) is 2. The van der Waals surface area contributed by atoms with E-state index in [4.69, 9.17) is 27.9 Å². The van der Waals surface area contributed by atoms with Crippen molar-refractivity contribution in [3.8, 4) is 5.75 Å². The molecule has 1 saturated heterocycles. The second kappa shape index (κ2) is 8.81. The third kappa shape index (κ3) is 4.45. The van der Waals surface area contributed by atoms with Gasteiger partial charge in [-0.15, -0.1) is 0 Å². The van der Waals surface area contributed by atoms with Gasteiger partial charge in [0, 0.05) is 25.9 Å². The molecule has 1 aliphatic heterocycles. The lowest BCUT2D eigenvalue weighted by molar-refractivity contribution is -0.0220. The van der Waals surface area contributed by atoms with Gasteiger partial charge in [0.05, 0.1) is 40.4 Å². The van der Waals surface area contributed by atoms with Gasteiger partial charge in [-0.1, -0.05) is 35.3 Å². The number of nitrogens with one attached hydrogen (secondary N) is 1. The van der Waals surface area contributed by atoms with Crippen LogP contribution in [0.4, 0.5) is 14.5 Å². The Kier molecular flexibility index (Phi) is 6.28. The number of hydrogen-bond acceptors (Lipinski definition) is 4. The first-order valence-corrected chi connectivity index (χ1v) is 10.9. The number of anilines is 1. The van der Waals surface area contributed by atoms with Crippen LogP contribution in [-0.2, 0) is 0 Å². The van der Waals surface area contributed by atoms with Gasteiger partial charge in [0.1, 0.15) is 17.1 Å². The molecule has 4 rings (SSSR count). The Hall–Kier alpha value is -2.09. The van der Waals surface area contributed by atoms with Crippen molar-refractivity contribution in [3.63, 3.8) is 0 Å². The molecule has 2 N–H and O–H groups in total. The number of imidazole rings is 1. The van der Waals surface area contributed by atoms with Gasteiger partial charge < -0.3 is 19.7 Å². The maximum atomic E-state index is 13.6. The van der Waals surface area contributed by atoms with Crippen molar-refractivity contribution >= 4 is 39.9 Å². The van der Waals surface area contributed by atoms with Gasteiger partial charge in [0.2, 0.25) is 0 Å². The van der Waals surface area contributed by atoms with Crippen LogP contribution in [0.3, 0.4) is 0 Å². The number of fused-ring (bicyclic) bond motifs is 1. The molecule has 5 nitrogen and oxygen atoms in total. The number of aliphatic hydroxyl groups is 1. The molecule has 0 radical (unpaired) electrons. The Balaban J connectivity index is 1.68. The second-order valence-corrected chi connectivity index (χ2v) is 8.40. The number of aliphatic hydroxyl groups excluding tert-OH is 1. The number of alkyl halides is 2. The summed E-state index contributed by atoms with van der Waals surface area (Å²) in [4.78, 5) is 9.62. The molecule has 1 unspecified atom stereocenters. The normalized spacial score (nSPS) is 17.2. The largest absolute Gasteiger partial charge is 0.494 e. The number of H-pyrrole nitrogens is 1. The van der Waals surface area contributed by atoms with Crippen LogP contribution in [0.2, 0.25) is 10.0 Å². The van der Waals surface area contributed by atoms with Crippen LogP contribution in [-0.4, -0.2) is 47.3 Å². The lowest BCUT2D eigenvalue weighted by Crippen LogP contribution is -2.39. The molecule has 31 heavy (non-hydrogen) atoms. The molecule has 2 aromatic carbocycles. The van der Waals surface area contributed by atoms with Gasteiger partial charge in [-0.3, -0.25) is 0 Å². The standard InChI is InChI=1S/C22H23Cl2F2N3O2/c1-2-31-14-5-3-13(4-6-14)15(12-30)21-27-17-11-16(23)20(18(24)19(17)28-21)29-9-7-22(25,26)8-10-29/h3-6,11,15,30H,2,7-10,12H2,1H3,(H,27,28). The molecule has 1 aromatic heterocycles. The van der Waals surface area contributed by atoms with Crippen LogP contribution in [0, 0.1) is 0 Å². The molecule has 1 fully saturated rings. The van der Waals surface area contributed by atoms with Gasteiger partial charge in [0.15, 0.2) is 0 Å². The molecule has 2 heterocycles. The van der Waals surface area contributed by atoms with E-state index in [0.717, 1.165) is 11.3 Å². The molecule has 1 aliphatic rings. The topological polar surface area (TPSA) is 61.4 Å². The summed E-state index contributed by atoms with van der Waals surface area (Å²) in [7, 11) is 0. The van der Waals surface area contributed by atoms with E-state index in [1.807, 2.05) is 31.2 Å². The van der Waals surface area contributed by atoms with Gasteiger partial charge in [0.25, 0.3) is 5.92 Å². The molecule has 1 atom stereocenters. The highest BCUT2D eigenvalue weighted by Gasteiger charge is 2.35. The molecule has 166 valence electrons. The highest BCUT2D eigenvalue weighted by molar-refractivity contribution is 6.42. The van der Waals surface area contributed by atoms with Gasteiger partial charge in [-0.25, -0.2) is 13.8 Å². The van der Waals surface area contributed by atoms with E-state index in [1.165, 1.54) is 0 Å². The quantitative estimate of drug-likeness (QED) is 0.491. The van der Waals surface area contributed by atoms with E-state index < -0.39 is 11.8 Å². The van der Waals surface area contributed by atoms with Crippen LogP contribution in [0.25, 0.3) is 11.0 Å². The minimum absolute atomic E-state index is 0.160. The summed E-state index contributed by atoms with van der Waals surface area (Å²) in [6, 6.07) is 9.16. The smallest absolute Gasteiger partial charge is 0.251 e. The Labute approximate surface area is 188 Å². The van der Waals surface area contributed by atoms with Gasteiger partial charge in [-0.2, -0.15) is 0 Å².